The van der Waals surface area contributed by atoms with Crippen molar-refractivity contribution < 1.29 is 17.9 Å². The van der Waals surface area contributed by atoms with Crippen molar-refractivity contribution in [1.29, 1.82) is 0 Å². The Hall–Kier alpha value is -1.47. The van der Waals surface area contributed by atoms with Crippen LogP contribution < -0.4 is 10.1 Å². The molecule has 0 bridgehead atoms. The molecule has 1 N–H and O–H groups in total. The lowest BCUT2D eigenvalue weighted by atomic mass is 9.93. The van der Waals surface area contributed by atoms with Crippen molar-refractivity contribution >= 4 is 24.8 Å². The molecule has 0 amide bonds. The quantitative estimate of drug-likeness (QED) is 0.726. The van der Waals surface area contributed by atoms with Gasteiger partial charge in [0.25, 0.3) is 0 Å². The molecule has 8 heteroatoms. The molecule has 1 aliphatic heterocycles. The van der Waals surface area contributed by atoms with E-state index in [9.17, 15) is 13.2 Å². The molecule has 2 aromatic rings. The monoisotopic (exact) mass is 436 g/mol. The standard InChI is InChI=1S/C20H23F3N2O.2ClH/c1-14-11-15(2)13-17(12-14)19(25-9-7-24-8-10-25)16-3-5-18(6-4-16)26-20(21,22)23;;/h3-6,11-13,19,24H,7-10H2,1-2H3;2*1H/t19-;;/m1../s1. The fraction of sp³-hybridized carbons (Fsp3) is 0.400. The molecule has 1 saturated heterocycles. The molecule has 2 aromatic carbocycles. The van der Waals surface area contributed by atoms with E-state index in [0.717, 1.165) is 37.3 Å². The number of piperazine rings is 1. The molecule has 3 rings (SSSR count). The van der Waals surface area contributed by atoms with Gasteiger partial charge in [-0.1, -0.05) is 41.5 Å². The van der Waals surface area contributed by atoms with Crippen LogP contribution in [0.4, 0.5) is 13.2 Å². The van der Waals surface area contributed by atoms with Gasteiger partial charge in [-0.3, -0.25) is 4.90 Å². The largest absolute Gasteiger partial charge is 0.573 e. The number of hydrogen-bond donors (Lipinski definition) is 1. The lowest BCUT2D eigenvalue weighted by Crippen LogP contribution is -2.45. The van der Waals surface area contributed by atoms with Crippen molar-refractivity contribution in [3.8, 4) is 5.75 Å². The number of halogens is 5. The van der Waals surface area contributed by atoms with Gasteiger partial charge in [-0.15, -0.1) is 38.0 Å². The van der Waals surface area contributed by atoms with Crippen LogP contribution in [0.1, 0.15) is 28.3 Å². The van der Waals surface area contributed by atoms with Crippen LogP contribution in [-0.4, -0.2) is 37.4 Å². The van der Waals surface area contributed by atoms with Gasteiger partial charge in [0, 0.05) is 26.2 Å². The Bertz CT molecular complexity index is 728. The molecule has 3 nitrogen and oxygen atoms in total. The number of benzene rings is 2. The summed E-state index contributed by atoms with van der Waals surface area (Å²) in [7, 11) is 0. The van der Waals surface area contributed by atoms with E-state index in [1.807, 2.05) is 0 Å². The summed E-state index contributed by atoms with van der Waals surface area (Å²) in [6.45, 7) is 7.70. The topological polar surface area (TPSA) is 24.5 Å². The molecule has 0 aliphatic carbocycles. The summed E-state index contributed by atoms with van der Waals surface area (Å²) < 4.78 is 41.2. The third-order valence-corrected chi connectivity index (χ3v) is 4.51. The van der Waals surface area contributed by atoms with Gasteiger partial charge in [-0.25, -0.2) is 0 Å². The van der Waals surface area contributed by atoms with E-state index in [4.69, 9.17) is 0 Å². The van der Waals surface area contributed by atoms with Crippen LogP contribution in [0.2, 0.25) is 0 Å². The van der Waals surface area contributed by atoms with Gasteiger partial charge in [-0.05, 0) is 37.1 Å². The second-order valence-corrected chi connectivity index (χ2v) is 6.73. The van der Waals surface area contributed by atoms with Crippen LogP contribution in [0.25, 0.3) is 0 Å². The molecule has 1 fully saturated rings. The van der Waals surface area contributed by atoms with Crippen LogP contribution in [0.3, 0.4) is 0 Å². The fourth-order valence-electron chi connectivity index (χ4n) is 3.57. The Kier molecular flexibility index (Phi) is 9.08. The van der Waals surface area contributed by atoms with Crippen molar-refractivity contribution in [3.63, 3.8) is 0 Å². The van der Waals surface area contributed by atoms with Crippen molar-refractivity contribution in [3.05, 3.63) is 64.7 Å². The molecular formula is C20H25Cl2F3N2O. The van der Waals surface area contributed by atoms with Gasteiger partial charge >= 0.3 is 6.36 Å². The third kappa shape index (κ3) is 6.55. The highest BCUT2D eigenvalue weighted by Crippen LogP contribution is 2.32. The number of alkyl halides is 3. The number of ether oxygens (including phenoxy) is 1. The second kappa shape index (κ2) is 10.3. The summed E-state index contributed by atoms with van der Waals surface area (Å²) in [5.41, 5.74) is 4.48. The average molecular weight is 437 g/mol. The Labute approximate surface area is 176 Å². The number of hydrogen-bond acceptors (Lipinski definition) is 3. The summed E-state index contributed by atoms with van der Waals surface area (Å²) in [5.74, 6) is -0.194. The Morgan fingerprint density at radius 1 is 0.893 bits per heavy atom. The number of nitrogens with zero attached hydrogens (tertiary/aromatic N) is 1. The van der Waals surface area contributed by atoms with Crippen molar-refractivity contribution in [2.75, 3.05) is 26.2 Å². The second-order valence-electron chi connectivity index (χ2n) is 6.73. The molecule has 1 heterocycles. The average Bonchev–Trinajstić information content (AvgIpc) is 2.55. The first-order valence-corrected chi connectivity index (χ1v) is 8.70. The smallest absolute Gasteiger partial charge is 0.406 e. The lowest BCUT2D eigenvalue weighted by molar-refractivity contribution is -0.274. The van der Waals surface area contributed by atoms with Gasteiger partial charge < -0.3 is 10.1 Å². The number of aryl methyl sites for hydroxylation is 2. The highest BCUT2D eigenvalue weighted by Gasteiger charge is 2.31. The zero-order chi connectivity index (χ0) is 18.7. The highest BCUT2D eigenvalue weighted by molar-refractivity contribution is 5.85. The van der Waals surface area contributed by atoms with Crippen LogP contribution in [0.15, 0.2) is 42.5 Å². The van der Waals surface area contributed by atoms with E-state index in [1.165, 1.54) is 23.3 Å². The molecular weight excluding hydrogens is 412 g/mol. The minimum absolute atomic E-state index is 0. The van der Waals surface area contributed by atoms with Crippen LogP contribution in [0, 0.1) is 13.8 Å². The zero-order valence-electron chi connectivity index (χ0n) is 15.8. The summed E-state index contributed by atoms with van der Waals surface area (Å²) in [6, 6.07) is 12.7. The first kappa shape index (κ1) is 24.6. The zero-order valence-corrected chi connectivity index (χ0v) is 17.4. The molecule has 0 aromatic heterocycles. The van der Waals surface area contributed by atoms with Gasteiger partial charge in [0.05, 0.1) is 6.04 Å². The molecule has 156 valence electrons. The Morgan fingerprint density at radius 3 is 1.93 bits per heavy atom. The number of rotatable bonds is 4. The van der Waals surface area contributed by atoms with Crippen LogP contribution >= 0.6 is 24.8 Å². The SMILES string of the molecule is Cc1cc(C)cc([C@@H](c2ccc(OC(F)(F)F)cc2)N2CCNCC2)c1.Cl.Cl. The molecule has 0 saturated carbocycles. The normalized spacial score (nSPS) is 15.9. The van der Waals surface area contributed by atoms with E-state index in [2.05, 4.69) is 47.0 Å². The van der Waals surface area contributed by atoms with E-state index >= 15 is 0 Å². The summed E-state index contributed by atoms with van der Waals surface area (Å²) in [5, 5.41) is 3.34. The van der Waals surface area contributed by atoms with Gasteiger partial charge in [-0.2, -0.15) is 0 Å². The van der Waals surface area contributed by atoms with Gasteiger partial charge in [0.2, 0.25) is 0 Å². The Morgan fingerprint density at radius 2 is 1.43 bits per heavy atom. The minimum atomic E-state index is -4.67. The number of nitrogens with one attached hydrogen (secondary N) is 1. The summed E-state index contributed by atoms with van der Waals surface area (Å²) in [4.78, 5) is 2.37. The molecule has 0 unspecified atom stereocenters. The molecule has 0 radical (unpaired) electrons. The van der Waals surface area contributed by atoms with Gasteiger partial charge in [0.1, 0.15) is 5.75 Å². The van der Waals surface area contributed by atoms with E-state index in [0.29, 0.717) is 0 Å². The molecule has 0 spiro atoms. The van der Waals surface area contributed by atoms with Crippen LogP contribution in [0.5, 0.6) is 5.75 Å². The Balaban J connectivity index is 0.00000196. The lowest BCUT2D eigenvalue weighted by Gasteiger charge is -2.36. The van der Waals surface area contributed by atoms with Crippen molar-refractivity contribution in [2.24, 2.45) is 0 Å². The van der Waals surface area contributed by atoms with E-state index < -0.39 is 6.36 Å². The maximum Gasteiger partial charge on any atom is 0.573 e. The first-order valence-electron chi connectivity index (χ1n) is 8.70. The molecule has 1 aliphatic rings. The van der Waals surface area contributed by atoms with Crippen LogP contribution in [-0.2, 0) is 0 Å². The predicted molar refractivity (Wildman–Crippen MR) is 110 cm³/mol. The van der Waals surface area contributed by atoms with Crippen molar-refractivity contribution in [1.82, 2.24) is 10.2 Å². The maximum atomic E-state index is 12.4. The predicted octanol–water partition coefficient (Wildman–Crippen LogP) is 5.04. The van der Waals surface area contributed by atoms with E-state index in [-0.39, 0.29) is 36.6 Å². The van der Waals surface area contributed by atoms with E-state index in [1.54, 1.807) is 12.1 Å². The molecule has 1 atom stereocenters. The summed E-state index contributed by atoms with van der Waals surface area (Å²) in [6.07, 6.45) is -4.67. The first-order chi connectivity index (χ1) is 12.3. The van der Waals surface area contributed by atoms with Crippen molar-refractivity contribution in [2.45, 2.75) is 26.3 Å². The summed E-state index contributed by atoms with van der Waals surface area (Å²) >= 11 is 0. The van der Waals surface area contributed by atoms with Gasteiger partial charge in [0.15, 0.2) is 0 Å². The molecule has 28 heavy (non-hydrogen) atoms. The highest BCUT2D eigenvalue weighted by atomic mass is 35.5. The maximum absolute atomic E-state index is 12.4. The fourth-order valence-corrected chi connectivity index (χ4v) is 3.57. The minimum Gasteiger partial charge on any atom is -0.406 e. The third-order valence-electron chi connectivity index (χ3n) is 4.51.